The molecule has 3 heteroatoms. The highest BCUT2D eigenvalue weighted by molar-refractivity contribution is 6.32. The van der Waals surface area contributed by atoms with Crippen molar-refractivity contribution < 1.29 is 8.53 Å². The second-order valence-electron chi connectivity index (χ2n) is 11.3. The summed E-state index contributed by atoms with van der Waals surface area (Å²) in [4.78, 5) is 4.71. The van der Waals surface area contributed by atoms with Gasteiger partial charge >= 0.3 is 0 Å². The molecular weight excluding hydrogens is 476 g/mol. The second kappa shape index (κ2) is 7.83. The second-order valence-corrected chi connectivity index (χ2v) is 11.3. The Bertz CT molecular complexity index is 2340. The Morgan fingerprint density at radius 2 is 1.67 bits per heavy atom. The maximum atomic E-state index is 8.14. The zero-order valence-corrected chi connectivity index (χ0v) is 21.5. The largest absolute Gasteiger partial charge is 0.455 e. The van der Waals surface area contributed by atoms with Gasteiger partial charge in [0.1, 0.15) is 11.2 Å². The van der Waals surface area contributed by atoms with Crippen LogP contribution in [0, 0.1) is 12.8 Å². The number of hydrogen-bond acceptors (Lipinski definition) is 2. The van der Waals surface area contributed by atoms with Crippen LogP contribution in [0.5, 0.6) is 0 Å². The molecule has 3 nitrogen and oxygen atoms in total. The van der Waals surface area contributed by atoms with Crippen molar-refractivity contribution in [3.63, 3.8) is 0 Å². The summed E-state index contributed by atoms with van der Waals surface area (Å²) in [6.07, 6.45) is 7.21. The first-order valence-corrected chi connectivity index (χ1v) is 14.0. The van der Waals surface area contributed by atoms with Crippen LogP contribution in [0.25, 0.3) is 71.3 Å². The van der Waals surface area contributed by atoms with E-state index < -0.39 is 6.85 Å². The average molecular weight is 508 g/mol. The van der Waals surface area contributed by atoms with Crippen molar-refractivity contribution in [3.05, 3.63) is 96.2 Å². The first-order valence-electron chi connectivity index (χ1n) is 15.5. The molecule has 1 aliphatic rings. The molecule has 0 bridgehead atoms. The summed E-state index contributed by atoms with van der Waals surface area (Å²) in [6, 6.07) is 27.7. The minimum Gasteiger partial charge on any atom is -0.455 e. The average Bonchev–Trinajstić information content (AvgIpc) is 3.77. The number of rotatable bonds is 3. The van der Waals surface area contributed by atoms with Crippen molar-refractivity contribution in [1.29, 1.82) is 0 Å². The van der Waals surface area contributed by atoms with Crippen LogP contribution in [0.3, 0.4) is 0 Å². The van der Waals surface area contributed by atoms with Crippen molar-refractivity contribution in [3.8, 4) is 11.3 Å². The van der Waals surface area contributed by atoms with Gasteiger partial charge in [0.15, 0.2) is 0 Å². The van der Waals surface area contributed by atoms with E-state index in [0.29, 0.717) is 11.5 Å². The van der Waals surface area contributed by atoms with Crippen LogP contribution in [0.2, 0.25) is 0 Å². The van der Waals surface area contributed by atoms with E-state index >= 15 is 0 Å². The molecule has 9 rings (SSSR count). The molecule has 1 fully saturated rings. The van der Waals surface area contributed by atoms with Crippen LogP contribution in [0.15, 0.2) is 89.5 Å². The van der Waals surface area contributed by atoms with Gasteiger partial charge in [0.2, 0.25) is 0 Å². The van der Waals surface area contributed by atoms with Crippen molar-refractivity contribution in [1.82, 2.24) is 9.38 Å². The number of hydrogen-bond donors (Lipinski definition) is 0. The predicted octanol–water partition coefficient (Wildman–Crippen LogP) is 9.84. The number of para-hydroxylation sites is 2. The molecule has 39 heavy (non-hydrogen) atoms. The van der Waals surface area contributed by atoms with E-state index in [1.807, 2.05) is 18.2 Å². The first-order chi connectivity index (χ1) is 20.5. The number of fused-ring (bicyclic) bond motifs is 10. The van der Waals surface area contributed by atoms with Crippen molar-refractivity contribution in [2.75, 3.05) is 0 Å². The molecule has 4 aromatic carbocycles. The van der Waals surface area contributed by atoms with Gasteiger partial charge in [-0.1, -0.05) is 68.1 Å². The number of pyridine rings is 1. The number of aromatic nitrogens is 2. The normalized spacial score (nSPS) is 16.4. The molecule has 8 aromatic rings. The van der Waals surface area contributed by atoms with Gasteiger partial charge in [-0.25, -0.2) is 0 Å². The molecule has 0 radical (unpaired) electrons. The zero-order chi connectivity index (χ0) is 28.2. The van der Waals surface area contributed by atoms with Crippen molar-refractivity contribution in [2.24, 2.45) is 5.92 Å². The molecule has 4 aromatic heterocycles. The van der Waals surface area contributed by atoms with E-state index in [1.54, 1.807) is 6.20 Å². The fourth-order valence-corrected chi connectivity index (χ4v) is 7.24. The molecule has 0 spiro atoms. The van der Waals surface area contributed by atoms with Gasteiger partial charge in [-0.3, -0.25) is 4.98 Å². The lowest BCUT2D eigenvalue weighted by molar-refractivity contribution is 0.545. The van der Waals surface area contributed by atoms with Crippen LogP contribution in [-0.4, -0.2) is 9.38 Å². The van der Waals surface area contributed by atoms with Crippen molar-refractivity contribution in [2.45, 2.75) is 39.0 Å². The molecule has 1 saturated carbocycles. The SMILES string of the molecule is [2H]C([2H])([2H])c1cnc(-c2ccc3c(c2)c2cc4c5ccccc5oc4c4c5ccccc5n3c24)cc1CC1CCCC1. The summed E-state index contributed by atoms with van der Waals surface area (Å²) >= 11 is 0. The van der Waals surface area contributed by atoms with Crippen LogP contribution < -0.4 is 0 Å². The predicted molar refractivity (Wildman–Crippen MR) is 162 cm³/mol. The lowest BCUT2D eigenvalue weighted by atomic mass is 9.94. The maximum Gasteiger partial charge on any atom is 0.145 e. The van der Waals surface area contributed by atoms with E-state index in [1.165, 1.54) is 42.0 Å². The summed E-state index contributed by atoms with van der Waals surface area (Å²) in [5.74, 6) is 0.547. The molecule has 188 valence electrons. The van der Waals surface area contributed by atoms with Gasteiger partial charge in [0.25, 0.3) is 0 Å². The first kappa shape index (κ1) is 18.8. The van der Waals surface area contributed by atoms with E-state index in [-0.39, 0.29) is 0 Å². The summed E-state index contributed by atoms with van der Waals surface area (Å²) in [7, 11) is 0. The monoisotopic (exact) mass is 507 g/mol. The third-order valence-corrected chi connectivity index (χ3v) is 9.08. The van der Waals surface area contributed by atoms with Crippen LogP contribution in [0.4, 0.5) is 0 Å². The van der Waals surface area contributed by atoms with Gasteiger partial charge in [0, 0.05) is 42.8 Å². The molecule has 1 aliphatic carbocycles. The highest BCUT2D eigenvalue weighted by Crippen LogP contribution is 2.46. The fraction of sp³-hybridized carbons (Fsp3) is 0.194. The van der Waals surface area contributed by atoms with E-state index in [2.05, 4.69) is 65.1 Å². The third-order valence-electron chi connectivity index (χ3n) is 9.08. The minimum atomic E-state index is -2.17. The third kappa shape index (κ3) is 2.96. The molecule has 0 aliphatic heterocycles. The zero-order valence-electron chi connectivity index (χ0n) is 24.5. The standard InChI is InChI=1S/C36H28N2O/c1-21-20-37-30(18-24(21)16-22-8-2-3-9-22)23-14-15-32-27(17-23)28-19-29-25-10-5-7-13-33(25)39-36(29)34-26-11-4-6-12-31(26)38(32)35(28)34/h4-7,10-15,17-20,22H,2-3,8-9,16H2,1H3/i1D3. The molecule has 0 unspecified atom stereocenters. The number of benzene rings is 4. The molecule has 0 N–H and O–H groups in total. The van der Waals surface area contributed by atoms with E-state index in [4.69, 9.17) is 13.5 Å². The fourth-order valence-electron chi connectivity index (χ4n) is 7.24. The minimum absolute atomic E-state index is 0.390. The summed E-state index contributed by atoms with van der Waals surface area (Å²) < 4.78 is 33.3. The number of furan rings is 1. The Kier molecular flexibility index (Phi) is 3.78. The van der Waals surface area contributed by atoms with Gasteiger partial charge < -0.3 is 8.82 Å². The quantitative estimate of drug-likeness (QED) is 0.238. The van der Waals surface area contributed by atoms with E-state index in [0.717, 1.165) is 67.0 Å². The van der Waals surface area contributed by atoms with Crippen LogP contribution in [-0.2, 0) is 6.42 Å². The van der Waals surface area contributed by atoms with Gasteiger partial charge in [0.05, 0.1) is 27.6 Å². The van der Waals surface area contributed by atoms with Crippen molar-refractivity contribution >= 4 is 60.0 Å². The molecule has 0 saturated heterocycles. The molecule has 0 amide bonds. The molecule has 4 heterocycles. The Balaban J connectivity index is 1.32. The Hall–Kier alpha value is -4.37. The van der Waals surface area contributed by atoms with Crippen LogP contribution in [0.1, 0.15) is 40.9 Å². The highest BCUT2D eigenvalue weighted by atomic mass is 16.3. The smallest absolute Gasteiger partial charge is 0.145 e. The van der Waals surface area contributed by atoms with Gasteiger partial charge in [-0.2, -0.15) is 0 Å². The molecular formula is C36H28N2O. The summed E-state index contributed by atoms with van der Waals surface area (Å²) in [6.45, 7) is -2.17. The number of aryl methyl sites for hydroxylation is 1. The van der Waals surface area contributed by atoms with Crippen LogP contribution >= 0.6 is 0 Å². The lowest BCUT2D eigenvalue weighted by Gasteiger charge is -2.13. The number of nitrogens with zero attached hydrogens (tertiary/aromatic N) is 2. The highest BCUT2D eigenvalue weighted by Gasteiger charge is 2.23. The topological polar surface area (TPSA) is 30.4 Å². The molecule has 0 atom stereocenters. The summed E-state index contributed by atoms with van der Waals surface area (Å²) in [5.41, 5.74) is 8.42. The maximum absolute atomic E-state index is 8.14. The Morgan fingerprint density at radius 3 is 2.56 bits per heavy atom. The lowest BCUT2D eigenvalue weighted by Crippen LogP contribution is -2.02. The van der Waals surface area contributed by atoms with E-state index in [9.17, 15) is 0 Å². The Morgan fingerprint density at radius 1 is 0.846 bits per heavy atom. The van der Waals surface area contributed by atoms with Gasteiger partial charge in [-0.15, -0.1) is 0 Å². The Labute approximate surface area is 230 Å². The van der Waals surface area contributed by atoms with Gasteiger partial charge in [-0.05, 0) is 66.7 Å². The summed E-state index contributed by atoms with van der Waals surface area (Å²) in [5, 5.41) is 6.91.